The van der Waals surface area contributed by atoms with Crippen LogP contribution in [0.5, 0.6) is 0 Å². The number of aromatic nitrogens is 1. The average Bonchev–Trinajstić information content (AvgIpc) is 2.74. The van der Waals surface area contributed by atoms with Crippen LogP contribution >= 0.6 is 0 Å². The first-order valence-electron chi connectivity index (χ1n) is 9.68. The smallest absolute Gasteiger partial charge is 0.0744 e. The second-order valence-electron chi connectivity index (χ2n) is 7.35. The molecule has 0 spiro atoms. The molecule has 0 saturated heterocycles. The Kier molecular flexibility index (Phi) is 5.03. The van der Waals surface area contributed by atoms with Gasteiger partial charge in [0.25, 0.3) is 0 Å². The van der Waals surface area contributed by atoms with Crippen molar-refractivity contribution in [1.29, 1.82) is 5.41 Å². The second-order valence-corrected chi connectivity index (χ2v) is 7.35. The van der Waals surface area contributed by atoms with Gasteiger partial charge in [-0.25, -0.2) is 4.98 Å². The number of fused-ring (bicyclic) bond motifs is 1. The Hall–Kier alpha value is -3.26. The lowest BCUT2D eigenvalue weighted by Gasteiger charge is -2.15. The highest BCUT2D eigenvalue weighted by Crippen LogP contribution is 2.30. The van der Waals surface area contributed by atoms with E-state index in [0.717, 1.165) is 39.7 Å². The van der Waals surface area contributed by atoms with E-state index in [1.54, 1.807) is 6.08 Å². The predicted molar refractivity (Wildman–Crippen MR) is 120 cm³/mol. The van der Waals surface area contributed by atoms with Crippen molar-refractivity contribution in [2.75, 3.05) is 0 Å². The Balaban J connectivity index is 1.67. The van der Waals surface area contributed by atoms with Crippen LogP contribution in [-0.4, -0.2) is 11.2 Å². The molecule has 4 rings (SSSR count). The molecule has 2 heteroatoms. The van der Waals surface area contributed by atoms with E-state index in [2.05, 4.69) is 80.6 Å². The summed E-state index contributed by atoms with van der Waals surface area (Å²) in [6.07, 6.45) is 12.9. The van der Waals surface area contributed by atoms with Crippen molar-refractivity contribution >= 4 is 23.2 Å². The molecule has 0 saturated carbocycles. The number of allylic oxidation sites excluding steroid dienone is 5. The summed E-state index contributed by atoms with van der Waals surface area (Å²) >= 11 is 0. The van der Waals surface area contributed by atoms with Gasteiger partial charge in [-0.1, -0.05) is 72.3 Å². The van der Waals surface area contributed by atoms with Gasteiger partial charge in [-0.3, -0.25) is 0 Å². The number of nitrogens with one attached hydrogen (secondary N) is 1. The van der Waals surface area contributed by atoms with Crippen LogP contribution in [0.3, 0.4) is 0 Å². The van der Waals surface area contributed by atoms with E-state index >= 15 is 0 Å². The Morgan fingerprint density at radius 1 is 1.00 bits per heavy atom. The van der Waals surface area contributed by atoms with Gasteiger partial charge in [-0.2, -0.15) is 0 Å². The molecule has 0 aliphatic heterocycles. The molecule has 138 valence electrons. The summed E-state index contributed by atoms with van der Waals surface area (Å²) in [7, 11) is 0. The van der Waals surface area contributed by atoms with Crippen LogP contribution in [0.25, 0.3) is 28.2 Å². The van der Waals surface area contributed by atoms with Gasteiger partial charge >= 0.3 is 0 Å². The first-order chi connectivity index (χ1) is 13.7. The molecule has 0 bridgehead atoms. The molecular weight excluding hydrogens is 340 g/mol. The molecule has 1 aliphatic carbocycles. The van der Waals surface area contributed by atoms with Gasteiger partial charge in [0, 0.05) is 23.1 Å². The molecule has 2 aromatic carbocycles. The van der Waals surface area contributed by atoms with Gasteiger partial charge in [-0.15, -0.1) is 0 Å². The maximum atomic E-state index is 7.20. The molecule has 1 aromatic heterocycles. The van der Waals surface area contributed by atoms with Crippen molar-refractivity contribution in [2.45, 2.75) is 26.2 Å². The molecule has 1 unspecified atom stereocenters. The van der Waals surface area contributed by atoms with E-state index in [-0.39, 0.29) is 0 Å². The SMILES string of the molecule is CC1=CCC(c2ccc(-c3ccc4ccc(/C=C\C=N)c(C)c4n3)cc2)C=C1. The van der Waals surface area contributed by atoms with Gasteiger partial charge in [0.15, 0.2) is 0 Å². The molecule has 28 heavy (non-hydrogen) atoms. The first kappa shape index (κ1) is 18.1. The first-order valence-corrected chi connectivity index (χ1v) is 9.68. The monoisotopic (exact) mass is 364 g/mol. The number of hydrogen-bond donors (Lipinski definition) is 1. The lowest BCUT2D eigenvalue weighted by Crippen LogP contribution is -1.98. The van der Waals surface area contributed by atoms with Crippen LogP contribution in [0.1, 0.15) is 36.0 Å². The summed E-state index contributed by atoms with van der Waals surface area (Å²) in [4.78, 5) is 4.95. The van der Waals surface area contributed by atoms with Gasteiger partial charge in [0.2, 0.25) is 0 Å². The van der Waals surface area contributed by atoms with E-state index in [1.165, 1.54) is 17.4 Å². The van der Waals surface area contributed by atoms with E-state index in [1.807, 2.05) is 6.08 Å². The standard InChI is InChI=1S/C26H24N2/c1-18-5-7-21(8-6-18)22-10-12-23(13-11-22)25-16-15-24-14-9-20(4-3-17-27)19(2)26(24)28-25/h3-7,9-17,21,27H,8H2,1-2H3/b4-3-,27-17?. The molecule has 1 heterocycles. The minimum atomic E-state index is 0.466. The Morgan fingerprint density at radius 3 is 2.50 bits per heavy atom. The van der Waals surface area contributed by atoms with Crippen LogP contribution in [0.4, 0.5) is 0 Å². The Bertz CT molecular complexity index is 1120. The molecular formula is C26H24N2. The van der Waals surface area contributed by atoms with E-state index in [0.29, 0.717) is 5.92 Å². The molecule has 1 N–H and O–H groups in total. The summed E-state index contributed by atoms with van der Waals surface area (Å²) in [6.45, 7) is 4.24. The minimum Gasteiger partial charge on any atom is -0.309 e. The zero-order valence-corrected chi connectivity index (χ0v) is 16.3. The fourth-order valence-corrected chi connectivity index (χ4v) is 3.71. The normalized spacial score (nSPS) is 16.5. The number of rotatable bonds is 4. The fourth-order valence-electron chi connectivity index (χ4n) is 3.71. The highest BCUT2D eigenvalue weighted by atomic mass is 14.7. The second kappa shape index (κ2) is 7.77. The number of benzene rings is 2. The quantitative estimate of drug-likeness (QED) is 0.504. The van der Waals surface area contributed by atoms with Gasteiger partial charge < -0.3 is 5.41 Å². The third-order valence-electron chi connectivity index (χ3n) is 5.45. The summed E-state index contributed by atoms with van der Waals surface area (Å²) < 4.78 is 0. The lowest BCUT2D eigenvalue weighted by atomic mass is 9.90. The summed E-state index contributed by atoms with van der Waals surface area (Å²) in [5.74, 6) is 0.466. The van der Waals surface area contributed by atoms with Crippen molar-refractivity contribution in [3.05, 3.63) is 95.1 Å². The molecule has 0 fully saturated rings. The largest absolute Gasteiger partial charge is 0.309 e. The van der Waals surface area contributed by atoms with Crippen molar-refractivity contribution in [2.24, 2.45) is 0 Å². The third kappa shape index (κ3) is 3.59. The Morgan fingerprint density at radius 2 is 1.79 bits per heavy atom. The van der Waals surface area contributed by atoms with E-state index in [4.69, 9.17) is 10.4 Å². The topological polar surface area (TPSA) is 36.7 Å². The summed E-state index contributed by atoms with van der Waals surface area (Å²) in [5, 5.41) is 8.34. The van der Waals surface area contributed by atoms with Crippen LogP contribution in [-0.2, 0) is 0 Å². The fraction of sp³-hybridized carbons (Fsp3) is 0.154. The molecule has 2 nitrogen and oxygen atoms in total. The molecule has 0 amide bonds. The third-order valence-corrected chi connectivity index (χ3v) is 5.45. The molecule has 3 aromatic rings. The molecule has 1 atom stereocenters. The van der Waals surface area contributed by atoms with Crippen LogP contribution < -0.4 is 0 Å². The van der Waals surface area contributed by atoms with Crippen LogP contribution in [0.2, 0.25) is 0 Å². The summed E-state index contributed by atoms with van der Waals surface area (Å²) in [6, 6.07) is 17.2. The number of pyridine rings is 1. The van der Waals surface area contributed by atoms with Crippen molar-refractivity contribution < 1.29 is 0 Å². The van der Waals surface area contributed by atoms with Crippen molar-refractivity contribution in [3.63, 3.8) is 0 Å². The minimum absolute atomic E-state index is 0.466. The van der Waals surface area contributed by atoms with Gasteiger partial charge in [0.05, 0.1) is 11.2 Å². The van der Waals surface area contributed by atoms with Crippen molar-refractivity contribution in [1.82, 2.24) is 4.98 Å². The van der Waals surface area contributed by atoms with E-state index < -0.39 is 0 Å². The number of aryl methyl sites for hydroxylation is 1. The van der Waals surface area contributed by atoms with Gasteiger partial charge in [-0.05, 0) is 49.1 Å². The number of hydrogen-bond acceptors (Lipinski definition) is 2. The highest BCUT2D eigenvalue weighted by Gasteiger charge is 2.11. The summed E-state index contributed by atoms with van der Waals surface area (Å²) in [5.41, 5.74) is 8.08. The van der Waals surface area contributed by atoms with Crippen LogP contribution in [0.15, 0.2) is 78.4 Å². The molecule has 0 radical (unpaired) electrons. The molecule has 1 aliphatic rings. The maximum absolute atomic E-state index is 7.20. The zero-order valence-electron chi connectivity index (χ0n) is 16.3. The maximum Gasteiger partial charge on any atom is 0.0744 e. The van der Waals surface area contributed by atoms with E-state index in [9.17, 15) is 0 Å². The number of nitrogens with zero attached hydrogens (tertiary/aromatic N) is 1. The average molecular weight is 364 g/mol. The van der Waals surface area contributed by atoms with Crippen molar-refractivity contribution in [3.8, 4) is 11.3 Å². The Labute approximate surface area is 166 Å². The van der Waals surface area contributed by atoms with Crippen LogP contribution in [0, 0.1) is 12.3 Å². The van der Waals surface area contributed by atoms with Gasteiger partial charge in [0.1, 0.15) is 0 Å². The zero-order chi connectivity index (χ0) is 19.5. The lowest BCUT2D eigenvalue weighted by molar-refractivity contribution is 0.845. The highest BCUT2D eigenvalue weighted by molar-refractivity contribution is 5.88. The predicted octanol–water partition coefficient (Wildman–Crippen LogP) is 6.86.